The van der Waals surface area contributed by atoms with E-state index in [1.54, 1.807) is 0 Å². The molecule has 0 saturated carbocycles. The van der Waals surface area contributed by atoms with Gasteiger partial charge in [0, 0.05) is 38.2 Å². The maximum Gasteiger partial charge on any atom is 0.238 e. The van der Waals surface area contributed by atoms with Gasteiger partial charge < -0.3 is 4.57 Å². The van der Waals surface area contributed by atoms with E-state index in [2.05, 4.69) is 228 Å². The van der Waals surface area contributed by atoms with Gasteiger partial charge in [0.15, 0.2) is 11.6 Å². The number of fused-ring (bicyclic) bond motifs is 6. The average Bonchev–Trinajstić information content (AvgIpc) is 3.87. The molecular weight excluding hydrogens is 755 g/mol. The van der Waals surface area contributed by atoms with Gasteiger partial charge in [-0.1, -0.05) is 182 Å². The summed E-state index contributed by atoms with van der Waals surface area (Å²) in [4.78, 5) is 16.3. The molecule has 0 bridgehead atoms. The summed E-state index contributed by atoms with van der Waals surface area (Å²) >= 11 is 0. The number of hydrogen-bond donors (Lipinski definition) is 0. The molecule has 0 N–H and O–H groups in total. The van der Waals surface area contributed by atoms with Gasteiger partial charge in [-0.2, -0.15) is 9.97 Å². The fourth-order valence-corrected chi connectivity index (χ4v) is 9.23. The van der Waals surface area contributed by atoms with Crippen LogP contribution in [0.1, 0.15) is 0 Å². The molecule has 0 saturated heterocycles. The molecule has 0 radical (unpaired) electrons. The summed E-state index contributed by atoms with van der Waals surface area (Å²) in [6.45, 7) is 0. The van der Waals surface area contributed by atoms with Gasteiger partial charge in [-0.05, 0) is 70.3 Å². The molecule has 0 atom stereocenters. The zero-order valence-corrected chi connectivity index (χ0v) is 33.6. The number of para-hydroxylation sites is 4. The molecule has 0 aliphatic heterocycles. The van der Waals surface area contributed by atoms with Crippen molar-refractivity contribution in [2.45, 2.75) is 0 Å². The van der Waals surface area contributed by atoms with Gasteiger partial charge in [-0.25, -0.2) is 4.98 Å². The first-order valence-electron chi connectivity index (χ1n) is 21.0. The molecule has 290 valence electrons. The third-order valence-electron chi connectivity index (χ3n) is 12.0. The number of rotatable bonds is 7. The molecule has 0 amide bonds. The summed E-state index contributed by atoms with van der Waals surface area (Å²) in [5, 5.41) is 4.64. The Balaban J connectivity index is 1.17. The molecule has 9 aromatic carbocycles. The van der Waals surface area contributed by atoms with Crippen LogP contribution < -0.4 is 0 Å². The molecule has 12 rings (SSSR count). The second kappa shape index (κ2) is 14.7. The third-order valence-corrected chi connectivity index (χ3v) is 12.0. The predicted molar refractivity (Wildman–Crippen MR) is 256 cm³/mol. The second-order valence-corrected chi connectivity index (χ2v) is 15.6. The third kappa shape index (κ3) is 5.82. The first-order chi connectivity index (χ1) is 30.8. The zero-order chi connectivity index (χ0) is 41.0. The first-order valence-corrected chi connectivity index (χ1v) is 21.0. The van der Waals surface area contributed by atoms with E-state index in [-0.39, 0.29) is 0 Å². The number of nitrogens with zero attached hydrogens (tertiary/aromatic N) is 5. The molecule has 0 fully saturated rings. The highest BCUT2D eigenvalue weighted by Crippen LogP contribution is 2.43. The van der Waals surface area contributed by atoms with Crippen molar-refractivity contribution in [3.63, 3.8) is 0 Å². The van der Waals surface area contributed by atoms with E-state index in [9.17, 15) is 0 Å². The molecule has 12 aromatic rings. The van der Waals surface area contributed by atoms with Gasteiger partial charge in [0.25, 0.3) is 0 Å². The van der Waals surface area contributed by atoms with Crippen LogP contribution in [0.2, 0.25) is 0 Å². The highest BCUT2D eigenvalue weighted by molar-refractivity contribution is 6.16. The SMILES string of the molecule is c1ccc(-c2cc(-c3ccccc3)c3c(c2)c2ccccc2n3-c2ccccc2-c2nc(-c3ccccc3-c3ccccc3)nc(-n3c4ccccc4c4ccccc43)n2)cc1. The standard InChI is InChI=1S/C57H37N5/c1-4-20-38(21-5-1)41-36-48(40-24-8-3-9-25-40)54-49(37-41)45-29-14-16-32-50(45)61(54)53-35-19-15-31-47(53)56-58-55(46-30-11-10-26-42(46)39-22-6-2-7-23-39)59-57(60-56)62-51-33-17-12-27-43(51)44-28-13-18-34-52(44)62/h1-37H. The van der Waals surface area contributed by atoms with Crippen LogP contribution >= 0.6 is 0 Å². The minimum Gasteiger partial charge on any atom is -0.308 e. The van der Waals surface area contributed by atoms with Crippen molar-refractivity contribution in [3.8, 4) is 67.8 Å². The normalized spacial score (nSPS) is 11.5. The summed E-state index contributed by atoms with van der Waals surface area (Å²) < 4.78 is 4.60. The Morgan fingerprint density at radius 3 is 1.32 bits per heavy atom. The zero-order valence-electron chi connectivity index (χ0n) is 33.6. The van der Waals surface area contributed by atoms with Gasteiger partial charge in [0.1, 0.15) is 0 Å². The van der Waals surface area contributed by atoms with Crippen LogP contribution in [-0.4, -0.2) is 24.1 Å². The lowest BCUT2D eigenvalue weighted by Crippen LogP contribution is -2.08. The molecular formula is C57H37N5. The van der Waals surface area contributed by atoms with E-state index >= 15 is 0 Å². The van der Waals surface area contributed by atoms with Gasteiger partial charge in [-0.15, -0.1) is 0 Å². The van der Waals surface area contributed by atoms with Gasteiger partial charge in [0.05, 0.1) is 27.8 Å². The minimum atomic E-state index is 0.555. The van der Waals surface area contributed by atoms with Crippen molar-refractivity contribution in [2.75, 3.05) is 0 Å². The predicted octanol–water partition coefficient (Wildman–Crippen LogP) is 14.4. The van der Waals surface area contributed by atoms with E-state index < -0.39 is 0 Å². The molecule has 5 heteroatoms. The van der Waals surface area contributed by atoms with Gasteiger partial charge >= 0.3 is 0 Å². The van der Waals surface area contributed by atoms with Crippen LogP contribution in [0, 0.1) is 0 Å². The summed E-state index contributed by atoms with van der Waals surface area (Å²) in [6.07, 6.45) is 0. The Bertz CT molecular complexity index is 3570. The van der Waals surface area contributed by atoms with Crippen molar-refractivity contribution in [1.29, 1.82) is 0 Å². The van der Waals surface area contributed by atoms with Crippen LogP contribution in [0.15, 0.2) is 224 Å². The monoisotopic (exact) mass is 791 g/mol. The molecule has 0 aliphatic rings. The van der Waals surface area contributed by atoms with E-state index in [0.29, 0.717) is 17.6 Å². The molecule has 3 aromatic heterocycles. The number of benzene rings is 9. The van der Waals surface area contributed by atoms with Crippen molar-refractivity contribution in [1.82, 2.24) is 24.1 Å². The molecule has 0 aliphatic carbocycles. The summed E-state index contributed by atoms with van der Waals surface area (Å²) in [5.41, 5.74) is 13.9. The van der Waals surface area contributed by atoms with E-state index in [4.69, 9.17) is 15.0 Å². The van der Waals surface area contributed by atoms with Crippen LogP contribution in [0.5, 0.6) is 0 Å². The molecule has 5 nitrogen and oxygen atoms in total. The summed E-state index contributed by atoms with van der Waals surface area (Å²) in [6, 6.07) is 79.2. The number of hydrogen-bond acceptors (Lipinski definition) is 3. The largest absolute Gasteiger partial charge is 0.308 e. The van der Waals surface area contributed by atoms with Crippen LogP contribution in [0.3, 0.4) is 0 Å². The van der Waals surface area contributed by atoms with Crippen molar-refractivity contribution in [3.05, 3.63) is 224 Å². The van der Waals surface area contributed by atoms with Gasteiger partial charge in [0.2, 0.25) is 5.95 Å². The van der Waals surface area contributed by atoms with Crippen molar-refractivity contribution >= 4 is 43.6 Å². The minimum absolute atomic E-state index is 0.555. The molecule has 0 spiro atoms. The topological polar surface area (TPSA) is 48.5 Å². The Labute approximate surface area is 358 Å². The molecule has 62 heavy (non-hydrogen) atoms. The fraction of sp³-hybridized carbons (Fsp3) is 0. The fourth-order valence-electron chi connectivity index (χ4n) is 9.23. The quantitative estimate of drug-likeness (QED) is 0.162. The van der Waals surface area contributed by atoms with Crippen molar-refractivity contribution in [2.24, 2.45) is 0 Å². The lowest BCUT2D eigenvalue weighted by atomic mass is 9.95. The Hall–Kier alpha value is -8.41. The Morgan fingerprint density at radius 1 is 0.274 bits per heavy atom. The first kappa shape index (κ1) is 35.5. The van der Waals surface area contributed by atoms with Crippen LogP contribution in [-0.2, 0) is 0 Å². The summed E-state index contributed by atoms with van der Waals surface area (Å²) in [7, 11) is 0. The lowest BCUT2D eigenvalue weighted by molar-refractivity contribution is 0.952. The van der Waals surface area contributed by atoms with E-state index in [1.165, 1.54) is 21.9 Å². The van der Waals surface area contributed by atoms with Crippen LogP contribution in [0.25, 0.3) is 111 Å². The summed E-state index contributed by atoms with van der Waals surface area (Å²) in [5.74, 6) is 1.74. The van der Waals surface area contributed by atoms with E-state index in [1.807, 2.05) is 6.07 Å². The average molecular weight is 792 g/mol. The highest BCUT2D eigenvalue weighted by Gasteiger charge is 2.24. The van der Waals surface area contributed by atoms with E-state index in [0.717, 1.165) is 71.9 Å². The second-order valence-electron chi connectivity index (χ2n) is 15.6. The highest BCUT2D eigenvalue weighted by atomic mass is 15.2. The Morgan fingerprint density at radius 2 is 0.710 bits per heavy atom. The van der Waals surface area contributed by atoms with Crippen LogP contribution in [0.4, 0.5) is 0 Å². The molecule has 3 heterocycles. The van der Waals surface area contributed by atoms with Gasteiger partial charge in [-0.3, -0.25) is 4.57 Å². The number of aromatic nitrogens is 5. The maximum atomic E-state index is 5.47. The lowest BCUT2D eigenvalue weighted by Gasteiger charge is -2.17. The Kier molecular flexibility index (Phi) is 8.42. The molecule has 0 unspecified atom stereocenters. The van der Waals surface area contributed by atoms with Crippen molar-refractivity contribution < 1.29 is 0 Å². The smallest absolute Gasteiger partial charge is 0.238 e. The maximum absolute atomic E-state index is 5.47.